The first-order valence-corrected chi connectivity index (χ1v) is 6.94. The summed E-state index contributed by atoms with van der Waals surface area (Å²) in [5.74, 6) is -1.22. The van der Waals surface area contributed by atoms with Gasteiger partial charge in [0.2, 0.25) is 5.91 Å². The molecule has 1 N–H and O–H groups in total. The van der Waals surface area contributed by atoms with Crippen molar-refractivity contribution in [2.45, 2.75) is 6.42 Å². The van der Waals surface area contributed by atoms with Gasteiger partial charge in [-0.3, -0.25) is 19.3 Å². The number of anilines is 1. The van der Waals surface area contributed by atoms with E-state index >= 15 is 0 Å². The third kappa shape index (κ3) is 3.67. The second kappa shape index (κ2) is 6.65. The first kappa shape index (κ1) is 16.1. The Bertz CT molecular complexity index is 619. The van der Waals surface area contributed by atoms with E-state index in [1.165, 1.54) is 16.8 Å². The van der Waals surface area contributed by atoms with E-state index in [0.717, 1.165) is 0 Å². The van der Waals surface area contributed by atoms with Crippen molar-refractivity contribution in [1.29, 1.82) is 0 Å². The van der Waals surface area contributed by atoms with Gasteiger partial charge in [-0.2, -0.15) is 0 Å². The molecule has 1 aromatic carbocycles. The van der Waals surface area contributed by atoms with Gasteiger partial charge >= 0.3 is 5.97 Å². The Morgan fingerprint density at radius 1 is 1.45 bits per heavy atom. The summed E-state index contributed by atoms with van der Waals surface area (Å²) in [5.41, 5.74) is 0.434. The molecule has 22 heavy (non-hydrogen) atoms. The third-order valence-electron chi connectivity index (χ3n) is 3.24. The summed E-state index contributed by atoms with van der Waals surface area (Å²) in [7, 11) is 1.50. The lowest BCUT2D eigenvalue weighted by Crippen LogP contribution is -2.45. The van der Waals surface area contributed by atoms with Crippen LogP contribution in [0.25, 0.3) is 0 Å². The molecule has 2 rings (SSSR count). The number of ether oxygens (including phenoxy) is 1. The number of carboxylic acid groups (broad SMARTS) is 1. The van der Waals surface area contributed by atoms with Crippen molar-refractivity contribution in [3.8, 4) is 5.75 Å². The summed E-state index contributed by atoms with van der Waals surface area (Å²) in [6.45, 7) is -0.262. The number of hydrogen-bond acceptors (Lipinski definition) is 4. The van der Waals surface area contributed by atoms with Crippen LogP contribution < -0.4 is 9.64 Å². The van der Waals surface area contributed by atoms with Gasteiger partial charge in [-0.15, -0.1) is 0 Å². The van der Waals surface area contributed by atoms with Gasteiger partial charge in [0.15, 0.2) is 6.61 Å². The fraction of sp³-hybridized carbons (Fsp3) is 0.357. The number of benzene rings is 1. The maximum absolute atomic E-state index is 12.1. The Balaban J connectivity index is 2.12. The predicted octanol–water partition coefficient (Wildman–Crippen LogP) is 0.998. The van der Waals surface area contributed by atoms with E-state index in [9.17, 15) is 14.4 Å². The Morgan fingerprint density at radius 2 is 2.18 bits per heavy atom. The fourth-order valence-electron chi connectivity index (χ4n) is 1.99. The molecular formula is C14H15ClN2O5. The largest absolute Gasteiger partial charge is 0.482 e. The lowest BCUT2D eigenvalue weighted by molar-refractivity contribution is -0.138. The van der Waals surface area contributed by atoms with Crippen molar-refractivity contribution >= 4 is 35.1 Å². The first-order valence-electron chi connectivity index (χ1n) is 6.57. The SMILES string of the molecule is CN(CCC(=O)O)C(=O)CN1C(=O)COc2ccc(Cl)cc21. The van der Waals surface area contributed by atoms with Crippen LogP contribution >= 0.6 is 11.6 Å². The summed E-state index contributed by atoms with van der Waals surface area (Å²) in [5, 5.41) is 9.06. The highest BCUT2D eigenvalue weighted by Gasteiger charge is 2.28. The van der Waals surface area contributed by atoms with Crippen LogP contribution in [0.5, 0.6) is 5.75 Å². The van der Waals surface area contributed by atoms with Crippen molar-refractivity contribution in [2.75, 3.05) is 31.6 Å². The summed E-state index contributed by atoms with van der Waals surface area (Å²) < 4.78 is 5.29. The zero-order chi connectivity index (χ0) is 16.3. The number of halogens is 1. The normalized spacial score (nSPS) is 13.4. The quantitative estimate of drug-likeness (QED) is 0.872. The second-order valence-electron chi connectivity index (χ2n) is 4.84. The number of carbonyl (C=O) groups is 3. The van der Waals surface area contributed by atoms with Crippen molar-refractivity contribution in [2.24, 2.45) is 0 Å². The smallest absolute Gasteiger partial charge is 0.305 e. The van der Waals surface area contributed by atoms with E-state index in [1.54, 1.807) is 18.2 Å². The van der Waals surface area contributed by atoms with Crippen LogP contribution in [0, 0.1) is 0 Å². The molecule has 0 bridgehead atoms. The maximum Gasteiger partial charge on any atom is 0.305 e. The van der Waals surface area contributed by atoms with Crippen LogP contribution in [-0.2, 0) is 14.4 Å². The van der Waals surface area contributed by atoms with Crippen LogP contribution in [-0.4, -0.2) is 54.5 Å². The fourth-order valence-corrected chi connectivity index (χ4v) is 2.16. The van der Waals surface area contributed by atoms with E-state index in [2.05, 4.69) is 0 Å². The van der Waals surface area contributed by atoms with Crippen LogP contribution in [0.15, 0.2) is 18.2 Å². The number of hydrogen-bond donors (Lipinski definition) is 1. The third-order valence-corrected chi connectivity index (χ3v) is 3.48. The molecule has 7 nitrogen and oxygen atoms in total. The number of carboxylic acids is 1. The highest BCUT2D eigenvalue weighted by Crippen LogP contribution is 2.34. The molecule has 8 heteroatoms. The van der Waals surface area contributed by atoms with E-state index in [0.29, 0.717) is 16.5 Å². The summed E-state index contributed by atoms with van der Waals surface area (Å²) >= 11 is 5.92. The van der Waals surface area contributed by atoms with Gasteiger partial charge in [-0.25, -0.2) is 0 Å². The molecule has 2 amide bonds. The van der Waals surface area contributed by atoms with Crippen molar-refractivity contribution < 1.29 is 24.2 Å². The maximum atomic E-state index is 12.1. The lowest BCUT2D eigenvalue weighted by Gasteiger charge is -2.30. The minimum atomic E-state index is -0.987. The second-order valence-corrected chi connectivity index (χ2v) is 5.28. The van der Waals surface area contributed by atoms with Gasteiger partial charge < -0.3 is 14.7 Å². The molecule has 118 valence electrons. The molecule has 0 saturated carbocycles. The molecule has 0 fully saturated rings. The van der Waals surface area contributed by atoms with E-state index in [4.69, 9.17) is 21.4 Å². The molecular weight excluding hydrogens is 312 g/mol. The van der Waals surface area contributed by atoms with Crippen LogP contribution in [0.3, 0.4) is 0 Å². The number of aliphatic carboxylic acids is 1. The van der Waals surface area contributed by atoms with E-state index in [-0.39, 0.29) is 37.9 Å². The Hall–Kier alpha value is -2.28. The van der Waals surface area contributed by atoms with Gasteiger partial charge in [0.1, 0.15) is 12.3 Å². The molecule has 1 aromatic rings. The number of nitrogens with zero attached hydrogens (tertiary/aromatic N) is 2. The molecule has 1 aliphatic heterocycles. The summed E-state index contributed by atoms with van der Waals surface area (Å²) in [6, 6.07) is 4.82. The Morgan fingerprint density at radius 3 is 2.86 bits per heavy atom. The molecule has 0 aliphatic carbocycles. The topological polar surface area (TPSA) is 87.2 Å². The molecule has 0 saturated heterocycles. The van der Waals surface area contributed by atoms with Crippen molar-refractivity contribution in [1.82, 2.24) is 4.90 Å². The molecule has 0 radical (unpaired) electrons. The molecule has 0 unspecified atom stereocenters. The number of rotatable bonds is 5. The van der Waals surface area contributed by atoms with Crippen molar-refractivity contribution in [3.63, 3.8) is 0 Å². The minimum absolute atomic E-state index is 0.0785. The molecule has 0 atom stereocenters. The minimum Gasteiger partial charge on any atom is -0.482 e. The summed E-state index contributed by atoms with van der Waals surface area (Å²) in [6.07, 6.45) is -0.151. The number of fused-ring (bicyclic) bond motifs is 1. The average Bonchev–Trinajstić information content (AvgIpc) is 2.47. The first-order chi connectivity index (χ1) is 10.4. The summed E-state index contributed by atoms with van der Waals surface area (Å²) in [4.78, 5) is 37.2. The Labute approximate surface area is 132 Å². The van der Waals surface area contributed by atoms with Crippen molar-refractivity contribution in [3.05, 3.63) is 23.2 Å². The predicted molar refractivity (Wildman–Crippen MR) is 79.2 cm³/mol. The zero-order valence-corrected chi connectivity index (χ0v) is 12.7. The average molecular weight is 327 g/mol. The van der Waals surface area contributed by atoms with Gasteiger partial charge in [0, 0.05) is 18.6 Å². The lowest BCUT2D eigenvalue weighted by atomic mass is 10.2. The number of likely N-dealkylation sites (N-methyl/N-ethyl adjacent to an activating group) is 1. The number of amides is 2. The Kier molecular flexibility index (Phi) is 4.87. The molecule has 0 aromatic heterocycles. The number of carbonyl (C=O) groups excluding carboxylic acids is 2. The zero-order valence-electron chi connectivity index (χ0n) is 11.9. The molecule has 0 spiro atoms. The highest BCUT2D eigenvalue weighted by molar-refractivity contribution is 6.31. The van der Waals surface area contributed by atoms with E-state index < -0.39 is 5.97 Å². The van der Waals surface area contributed by atoms with Gasteiger partial charge in [-0.1, -0.05) is 11.6 Å². The van der Waals surface area contributed by atoms with Crippen LogP contribution in [0.4, 0.5) is 5.69 Å². The van der Waals surface area contributed by atoms with Crippen LogP contribution in [0.1, 0.15) is 6.42 Å². The van der Waals surface area contributed by atoms with Gasteiger partial charge in [-0.05, 0) is 18.2 Å². The highest BCUT2D eigenvalue weighted by atomic mass is 35.5. The standard InChI is InChI=1S/C14H15ClN2O5/c1-16(5-4-14(20)21)12(18)7-17-10-6-9(15)2-3-11(10)22-8-13(17)19/h2-3,6H,4-5,7-8H2,1H3,(H,20,21). The molecule has 1 heterocycles. The van der Waals surface area contributed by atoms with Crippen LogP contribution in [0.2, 0.25) is 5.02 Å². The van der Waals surface area contributed by atoms with E-state index in [1.807, 2.05) is 0 Å². The molecule has 1 aliphatic rings. The van der Waals surface area contributed by atoms with Gasteiger partial charge in [0.05, 0.1) is 12.1 Å². The monoisotopic (exact) mass is 326 g/mol. The van der Waals surface area contributed by atoms with Gasteiger partial charge in [0.25, 0.3) is 5.91 Å².